The predicted octanol–water partition coefficient (Wildman–Crippen LogP) is 2.52. The smallest absolute Gasteiger partial charge is 0.123 e. The SMILES string of the molecule is CCN1CCCC[C@H]1c1cnc(N)cc1C. The van der Waals surface area contributed by atoms with Gasteiger partial charge in [-0.05, 0) is 50.0 Å². The zero-order valence-corrected chi connectivity index (χ0v) is 10.2. The minimum absolute atomic E-state index is 0.548. The van der Waals surface area contributed by atoms with Crippen molar-refractivity contribution in [2.45, 2.75) is 39.2 Å². The Morgan fingerprint density at radius 3 is 3.00 bits per heavy atom. The van der Waals surface area contributed by atoms with Crippen molar-refractivity contribution in [3.05, 3.63) is 23.4 Å². The van der Waals surface area contributed by atoms with E-state index in [1.807, 2.05) is 12.3 Å². The molecule has 2 heterocycles. The Hall–Kier alpha value is -1.09. The Morgan fingerprint density at radius 1 is 1.50 bits per heavy atom. The molecule has 2 rings (SSSR count). The fraction of sp³-hybridized carbons (Fsp3) is 0.615. The van der Waals surface area contributed by atoms with Gasteiger partial charge in [-0.2, -0.15) is 0 Å². The Morgan fingerprint density at radius 2 is 2.31 bits per heavy atom. The summed E-state index contributed by atoms with van der Waals surface area (Å²) in [5.74, 6) is 0.625. The van der Waals surface area contributed by atoms with Crippen molar-refractivity contribution in [1.82, 2.24) is 9.88 Å². The van der Waals surface area contributed by atoms with Crippen molar-refractivity contribution in [1.29, 1.82) is 0 Å². The van der Waals surface area contributed by atoms with Crippen LogP contribution in [0, 0.1) is 6.92 Å². The van der Waals surface area contributed by atoms with Crippen molar-refractivity contribution < 1.29 is 0 Å². The van der Waals surface area contributed by atoms with E-state index >= 15 is 0 Å². The van der Waals surface area contributed by atoms with Gasteiger partial charge in [0, 0.05) is 12.2 Å². The number of nitrogen functional groups attached to an aromatic ring is 1. The molecular weight excluding hydrogens is 198 g/mol. The fourth-order valence-corrected chi connectivity index (χ4v) is 2.66. The molecule has 0 saturated carbocycles. The lowest BCUT2D eigenvalue weighted by atomic mass is 9.93. The van der Waals surface area contributed by atoms with Crippen molar-refractivity contribution in [2.24, 2.45) is 0 Å². The van der Waals surface area contributed by atoms with Crippen molar-refractivity contribution in [2.75, 3.05) is 18.8 Å². The van der Waals surface area contributed by atoms with Gasteiger partial charge >= 0.3 is 0 Å². The third-order valence-corrected chi connectivity index (χ3v) is 3.55. The van der Waals surface area contributed by atoms with Crippen molar-refractivity contribution in [3.8, 4) is 0 Å². The van der Waals surface area contributed by atoms with Gasteiger partial charge in [0.25, 0.3) is 0 Å². The van der Waals surface area contributed by atoms with Crippen LogP contribution < -0.4 is 5.73 Å². The molecule has 1 fully saturated rings. The second-order valence-electron chi connectivity index (χ2n) is 4.61. The molecule has 16 heavy (non-hydrogen) atoms. The van der Waals surface area contributed by atoms with Gasteiger partial charge in [0.1, 0.15) is 5.82 Å². The molecule has 3 nitrogen and oxygen atoms in total. The molecule has 1 aromatic rings. The number of nitrogens with two attached hydrogens (primary N) is 1. The number of anilines is 1. The Balaban J connectivity index is 2.27. The van der Waals surface area contributed by atoms with Gasteiger partial charge in [0.2, 0.25) is 0 Å². The van der Waals surface area contributed by atoms with Crippen LogP contribution in [0.1, 0.15) is 43.4 Å². The Labute approximate surface area is 97.7 Å². The second-order valence-corrected chi connectivity index (χ2v) is 4.61. The van der Waals surface area contributed by atoms with E-state index in [1.54, 1.807) is 0 Å². The quantitative estimate of drug-likeness (QED) is 0.831. The van der Waals surface area contributed by atoms with Crippen LogP contribution in [0.5, 0.6) is 0 Å². The number of nitrogens with zero attached hydrogens (tertiary/aromatic N) is 2. The van der Waals surface area contributed by atoms with E-state index in [9.17, 15) is 0 Å². The summed E-state index contributed by atoms with van der Waals surface area (Å²) in [6, 6.07) is 2.53. The normalized spacial score (nSPS) is 22.2. The lowest BCUT2D eigenvalue weighted by molar-refractivity contribution is 0.156. The van der Waals surface area contributed by atoms with Crippen LogP contribution in [0.2, 0.25) is 0 Å². The van der Waals surface area contributed by atoms with E-state index < -0.39 is 0 Å². The van der Waals surface area contributed by atoms with Crippen LogP contribution in [0.3, 0.4) is 0 Å². The molecule has 1 aromatic heterocycles. The molecule has 1 aliphatic heterocycles. The third-order valence-electron chi connectivity index (χ3n) is 3.55. The summed E-state index contributed by atoms with van der Waals surface area (Å²) in [6.07, 6.45) is 5.86. The summed E-state index contributed by atoms with van der Waals surface area (Å²) in [5, 5.41) is 0. The van der Waals surface area contributed by atoms with Crippen molar-refractivity contribution >= 4 is 5.82 Å². The topological polar surface area (TPSA) is 42.2 Å². The summed E-state index contributed by atoms with van der Waals surface area (Å²) >= 11 is 0. The number of hydrogen-bond acceptors (Lipinski definition) is 3. The maximum Gasteiger partial charge on any atom is 0.123 e. The summed E-state index contributed by atoms with van der Waals surface area (Å²) in [5.41, 5.74) is 8.33. The number of aryl methyl sites for hydroxylation is 1. The van der Waals surface area contributed by atoms with Gasteiger partial charge in [-0.15, -0.1) is 0 Å². The van der Waals surface area contributed by atoms with E-state index in [2.05, 4.69) is 23.7 Å². The van der Waals surface area contributed by atoms with E-state index in [0.29, 0.717) is 11.9 Å². The Bertz CT molecular complexity index is 362. The molecule has 0 aromatic carbocycles. The first kappa shape index (κ1) is 11.4. The van der Waals surface area contributed by atoms with Crippen LogP contribution in [-0.4, -0.2) is 23.0 Å². The van der Waals surface area contributed by atoms with E-state index in [1.165, 1.54) is 36.9 Å². The minimum atomic E-state index is 0.548. The number of aromatic nitrogens is 1. The van der Waals surface area contributed by atoms with Crippen LogP contribution in [0.15, 0.2) is 12.3 Å². The molecule has 1 saturated heterocycles. The summed E-state index contributed by atoms with van der Waals surface area (Å²) in [4.78, 5) is 6.78. The maximum atomic E-state index is 5.70. The number of hydrogen-bond donors (Lipinski definition) is 1. The molecule has 0 bridgehead atoms. The maximum absolute atomic E-state index is 5.70. The molecular formula is C13H21N3. The van der Waals surface area contributed by atoms with Crippen LogP contribution in [-0.2, 0) is 0 Å². The molecule has 2 N–H and O–H groups in total. The zero-order valence-electron chi connectivity index (χ0n) is 10.2. The monoisotopic (exact) mass is 219 g/mol. The lowest BCUT2D eigenvalue weighted by Gasteiger charge is -2.35. The van der Waals surface area contributed by atoms with Crippen LogP contribution >= 0.6 is 0 Å². The first-order valence-corrected chi connectivity index (χ1v) is 6.18. The van der Waals surface area contributed by atoms with E-state index in [0.717, 1.165) is 6.54 Å². The third kappa shape index (κ3) is 2.19. The second kappa shape index (κ2) is 4.83. The number of pyridine rings is 1. The molecule has 1 atom stereocenters. The first-order valence-electron chi connectivity index (χ1n) is 6.18. The van der Waals surface area contributed by atoms with Crippen LogP contribution in [0.25, 0.3) is 0 Å². The molecule has 0 aliphatic carbocycles. The molecule has 0 spiro atoms. The first-order chi connectivity index (χ1) is 7.72. The molecule has 0 unspecified atom stereocenters. The molecule has 88 valence electrons. The average molecular weight is 219 g/mol. The number of rotatable bonds is 2. The highest BCUT2D eigenvalue weighted by Crippen LogP contribution is 2.32. The van der Waals surface area contributed by atoms with Crippen molar-refractivity contribution in [3.63, 3.8) is 0 Å². The highest BCUT2D eigenvalue weighted by molar-refractivity contribution is 5.37. The largest absolute Gasteiger partial charge is 0.384 e. The zero-order chi connectivity index (χ0) is 11.5. The summed E-state index contributed by atoms with van der Waals surface area (Å²) in [6.45, 7) is 6.70. The molecule has 0 radical (unpaired) electrons. The molecule has 1 aliphatic rings. The average Bonchev–Trinajstić information content (AvgIpc) is 2.29. The summed E-state index contributed by atoms with van der Waals surface area (Å²) in [7, 11) is 0. The van der Waals surface area contributed by atoms with E-state index in [-0.39, 0.29) is 0 Å². The highest BCUT2D eigenvalue weighted by atomic mass is 15.2. The van der Waals surface area contributed by atoms with Gasteiger partial charge in [0.15, 0.2) is 0 Å². The van der Waals surface area contributed by atoms with Gasteiger partial charge in [-0.1, -0.05) is 13.3 Å². The standard InChI is InChI=1S/C13H21N3/c1-3-16-7-5-4-6-12(16)11-9-15-13(14)8-10(11)2/h8-9,12H,3-7H2,1-2H3,(H2,14,15)/t12-/m0/s1. The summed E-state index contributed by atoms with van der Waals surface area (Å²) < 4.78 is 0. The molecule has 0 amide bonds. The predicted molar refractivity (Wildman–Crippen MR) is 67.2 cm³/mol. The highest BCUT2D eigenvalue weighted by Gasteiger charge is 2.23. The van der Waals surface area contributed by atoms with Gasteiger partial charge in [-0.3, -0.25) is 4.90 Å². The Kier molecular flexibility index (Phi) is 3.44. The van der Waals surface area contributed by atoms with Gasteiger partial charge < -0.3 is 5.73 Å². The van der Waals surface area contributed by atoms with E-state index in [4.69, 9.17) is 5.73 Å². The number of likely N-dealkylation sites (tertiary alicyclic amines) is 1. The minimum Gasteiger partial charge on any atom is -0.384 e. The van der Waals surface area contributed by atoms with Gasteiger partial charge in [0.05, 0.1) is 0 Å². The number of piperidine rings is 1. The lowest BCUT2D eigenvalue weighted by Crippen LogP contribution is -2.33. The van der Waals surface area contributed by atoms with Gasteiger partial charge in [-0.25, -0.2) is 4.98 Å². The van der Waals surface area contributed by atoms with Crippen LogP contribution in [0.4, 0.5) is 5.82 Å². The fourth-order valence-electron chi connectivity index (χ4n) is 2.66. The molecule has 3 heteroatoms.